The van der Waals surface area contributed by atoms with Crippen LogP contribution < -0.4 is 14.8 Å². The summed E-state index contributed by atoms with van der Waals surface area (Å²) in [5.41, 5.74) is 2.30. The molecule has 3 rings (SSSR count). The monoisotopic (exact) mass is 298 g/mol. The molecule has 4 nitrogen and oxygen atoms in total. The van der Waals surface area contributed by atoms with Crippen LogP contribution in [0.3, 0.4) is 0 Å². The molecule has 1 aliphatic carbocycles. The Morgan fingerprint density at radius 3 is 2.59 bits per heavy atom. The SMILES string of the molecule is COc1cc(CN[C@@H]2C[C@@H]2C)ccc1OCc1ccncc1. The van der Waals surface area contributed by atoms with Crippen LogP contribution >= 0.6 is 0 Å². The molecule has 22 heavy (non-hydrogen) atoms. The van der Waals surface area contributed by atoms with Crippen LogP contribution in [0, 0.1) is 5.92 Å². The molecule has 2 aromatic rings. The van der Waals surface area contributed by atoms with E-state index < -0.39 is 0 Å². The third-order valence-electron chi connectivity index (χ3n) is 4.05. The van der Waals surface area contributed by atoms with Gasteiger partial charge in [-0.3, -0.25) is 4.98 Å². The highest BCUT2D eigenvalue weighted by Crippen LogP contribution is 2.31. The average Bonchev–Trinajstić information content (AvgIpc) is 3.27. The maximum absolute atomic E-state index is 5.85. The molecule has 1 fully saturated rings. The topological polar surface area (TPSA) is 43.4 Å². The zero-order valence-electron chi connectivity index (χ0n) is 13.1. The van der Waals surface area contributed by atoms with Gasteiger partial charge in [-0.2, -0.15) is 0 Å². The summed E-state index contributed by atoms with van der Waals surface area (Å²) in [5.74, 6) is 2.35. The molecule has 1 N–H and O–H groups in total. The molecule has 1 aliphatic rings. The van der Waals surface area contributed by atoms with E-state index in [4.69, 9.17) is 9.47 Å². The van der Waals surface area contributed by atoms with Gasteiger partial charge in [-0.05, 0) is 47.7 Å². The van der Waals surface area contributed by atoms with Crippen LogP contribution in [0.1, 0.15) is 24.5 Å². The first-order chi connectivity index (χ1) is 10.8. The Bertz CT molecular complexity index is 616. The van der Waals surface area contributed by atoms with Gasteiger partial charge in [0.15, 0.2) is 11.5 Å². The number of rotatable bonds is 7. The number of benzene rings is 1. The maximum Gasteiger partial charge on any atom is 0.161 e. The molecule has 0 radical (unpaired) electrons. The van der Waals surface area contributed by atoms with Gasteiger partial charge in [-0.25, -0.2) is 0 Å². The smallest absolute Gasteiger partial charge is 0.161 e. The predicted octanol–water partition coefficient (Wildman–Crippen LogP) is 3.17. The Labute approximate surface area is 131 Å². The summed E-state index contributed by atoms with van der Waals surface area (Å²) in [6.45, 7) is 3.65. The lowest BCUT2D eigenvalue weighted by atomic mass is 10.2. The lowest BCUT2D eigenvalue weighted by Gasteiger charge is -2.12. The molecular formula is C18H22N2O2. The molecule has 0 unspecified atom stereocenters. The predicted molar refractivity (Wildman–Crippen MR) is 86.0 cm³/mol. The van der Waals surface area contributed by atoms with Crippen molar-refractivity contribution in [2.24, 2.45) is 5.92 Å². The van der Waals surface area contributed by atoms with Crippen molar-refractivity contribution in [2.75, 3.05) is 7.11 Å². The Balaban J connectivity index is 1.61. The van der Waals surface area contributed by atoms with Crippen molar-refractivity contribution in [3.8, 4) is 11.5 Å². The molecular weight excluding hydrogens is 276 g/mol. The van der Waals surface area contributed by atoms with Crippen LogP contribution in [0.2, 0.25) is 0 Å². The molecule has 0 bridgehead atoms. The summed E-state index contributed by atoms with van der Waals surface area (Å²) in [5, 5.41) is 3.55. The Kier molecular flexibility index (Phi) is 4.59. The van der Waals surface area contributed by atoms with Gasteiger partial charge in [0.25, 0.3) is 0 Å². The van der Waals surface area contributed by atoms with E-state index in [0.717, 1.165) is 29.5 Å². The summed E-state index contributed by atoms with van der Waals surface area (Å²) in [4.78, 5) is 4.00. The fourth-order valence-electron chi connectivity index (χ4n) is 2.44. The maximum atomic E-state index is 5.85. The summed E-state index contributed by atoms with van der Waals surface area (Å²) in [6, 6.07) is 10.7. The van der Waals surface area contributed by atoms with Gasteiger partial charge in [-0.15, -0.1) is 0 Å². The molecule has 1 heterocycles. The van der Waals surface area contributed by atoms with E-state index in [1.807, 2.05) is 24.3 Å². The van der Waals surface area contributed by atoms with Crippen LogP contribution in [0.5, 0.6) is 11.5 Å². The van der Waals surface area contributed by atoms with Crippen molar-refractivity contribution in [3.05, 3.63) is 53.9 Å². The van der Waals surface area contributed by atoms with Crippen LogP contribution in [0.15, 0.2) is 42.7 Å². The summed E-state index contributed by atoms with van der Waals surface area (Å²) < 4.78 is 11.3. The highest BCUT2D eigenvalue weighted by Gasteiger charge is 2.31. The number of nitrogens with zero attached hydrogens (tertiary/aromatic N) is 1. The summed E-state index contributed by atoms with van der Waals surface area (Å²) in [6.07, 6.45) is 4.82. The van der Waals surface area contributed by atoms with Crippen LogP contribution in [-0.2, 0) is 13.2 Å². The van der Waals surface area contributed by atoms with Gasteiger partial charge in [0.05, 0.1) is 7.11 Å². The molecule has 0 spiro atoms. The van der Waals surface area contributed by atoms with E-state index in [2.05, 4.69) is 23.3 Å². The van der Waals surface area contributed by atoms with Gasteiger partial charge >= 0.3 is 0 Å². The molecule has 1 aromatic carbocycles. The largest absolute Gasteiger partial charge is 0.493 e. The number of hydrogen-bond acceptors (Lipinski definition) is 4. The minimum atomic E-state index is 0.510. The van der Waals surface area contributed by atoms with E-state index in [-0.39, 0.29) is 0 Å². The molecule has 0 saturated heterocycles. The molecule has 0 amide bonds. The highest BCUT2D eigenvalue weighted by molar-refractivity contribution is 5.43. The van der Waals surface area contributed by atoms with Gasteiger partial charge < -0.3 is 14.8 Å². The fraction of sp³-hybridized carbons (Fsp3) is 0.389. The second-order valence-electron chi connectivity index (χ2n) is 5.83. The summed E-state index contributed by atoms with van der Waals surface area (Å²) in [7, 11) is 1.68. The number of hydrogen-bond donors (Lipinski definition) is 1. The van der Waals surface area contributed by atoms with E-state index >= 15 is 0 Å². The molecule has 0 aliphatic heterocycles. The lowest BCUT2D eigenvalue weighted by molar-refractivity contribution is 0.284. The Hall–Kier alpha value is -2.07. The molecule has 116 valence electrons. The Morgan fingerprint density at radius 1 is 1.14 bits per heavy atom. The number of ether oxygens (including phenoxy) is 2. The minimum Gasteiger partial charge on any atom is -0.493 e. The lowest BCUT2D eigenvalue weighted by Crippen LogP contribution is -2.17. The van der Waals surface area contributed by atoms with Crippen LogP contribution in [0.25, 0.3) is 0 Å². The fourth-order valence-corrected chi connectivity index (χ4v) is 2.44. The first kappa shape index (κ1) is 14.9. The van der Waals surface area contributed by atoms with E-state index in [9.17, 15) is 0 Å². The second kappa shape index (κ2) is 6.79. The van der Waals surface area contributed by atoms with Crippen molar-refractivity contribution in [1.82, 2.24) is 10.3 Å². The zero-order chi connectivity index (χ0) is 15.4. The quantitative estimate of drug-likeness (QED) is 0.852. The van der Waals surface area contributed by atoms with E-state index in [1.165, 1.54) is 12.0 Å². The standard InChI is InChI=1S/C18H22N2O2/c1-13-9-16(13)20-11-15-3-4-17(18(10-15)21-2)22-12-14-5-7-19-8-6-14/h3-8,10,13,16,20H,9,11-12H2,1-2H3/t13-,16+/m0/s1. The van der Waals surface area contributed by atoms with Gasteiger partial charge in [0.2, 0.25) is 0 Å². The first-order valence-electron chi connectivity index (χ1n) is 7.68. The zero-order valence-corrected chi connectivity index (χ0v) is 13.1. The van der Waals surface area contributed by atoms with Gasteiger partial charge in [-0.1, -0.05) is 13.0 Å². The van der Waals surface area contributed by atoms with Crippen molar-refractivity contribution < 1.29 is 9.47 Å². The second-order valence-corrected chi connectivity index (χ2v) is 5.83. The number of nitrogens with one attached hydrogen (secondary N) is 1. The average molecular weight is 298 g/mol. The number of methoxy groups -OCH3 is 1. The van der Waals surface area contributed by atoms with E-state index in [1.54, 1.807) is 19.5 Å². The van der Waals surface area contributed by atoms with Crippen molar-refractivity contribution >= 4 is 0 Å². The third-order valence-corrected chi connectivity index (χ3v) is 4.05. The normalized spacial score (nSPS) is 19.7. The van der Waals surface area contributed by atoms with Crippen molar-refractivity contribution in [3.63, 3.8) is 0 Å². The first-order valence-corrected chi connectivity index (χ1v) is 7.68. The number of aromatic nitrogens is 1. The van der Waals surface area contributed by atoms with Crippen molar-refractivity contribution in [2.45, 2.75) is 32.5 Å². The third kappa shape index (κ3) is 3.77. The molecule has 1 saturated carbocycles. The van der Waals surface area contributed by atoms with Gasteiger partial charge in [0, 0.05) is 25.0 Å². The minimum absolute atomic E-state index is 0.510. The van der Waals surface area contributed by atoms with Crippen LogP contribution in [-0.4, -0.2) is 18.1 Å². The molecule has 4 heteroatoms. The molecule has 1 aromatic heterocycles. The van der Waals surface area contributed by atoms with Gasteiger partial charge in [0.1, 0.15) is 6.61 Å². The van der Waals surface area contributed by atoms with Crippen molar-refractivity contribution in [1.29, 1.82) is 0 Å². The van der Waals surface area contributed by atoms with Crippen LogP contribution in [0.4, 0.5) is 0 Å². The Morgan fingerprint density at radius 2 is 1.91 bits per heavy atom. The van der Waals surface area contributed by atoms with E-state index in [0.29, 0.717) is 12.6 Å². The summed E-state index contributed by atoms with van der Waals surface area (Å²) >= 11 is 0. The highest BCUT2D eigenvalue weighted by atomic mass is 16.5. The molecule has 2 atom stereocenters. The number of pyridine rings is 1.